The van der Waals surface area contributed by atoms with E-state index in [1.165, 1.54) is 17.9 Å². The molecular formula is C20H16ClFN2O3. The zero-order valence-electron chi connectivity index (χ0n) is 14.5. The van der Waals surface area contributed by atoms with E-state index in [0.29, 0.717) is 24.9 Å². The highest BCUT2D eigenvalue weighted by Crippen LogP contribution is 2.34. The lowest BCUT2D eigenvalue weighted by molar-refractivity contribution is -0.122. The Hall–Kier alpha value is -2.73. The van der Waals surface area contributed by atoms with Crippen molar-refractivity contribution in [1.82, 2.24) is 4.90 Å². The normalized spacial score (nSPS) is 17.0. The predicted octanol–water partition coefficient (Wildman–Crippen LogP) is 3.44. The van der Waals surface area contributed by atoms with Crippen molar-refractivity contribution in [3.63, 3.8) is 0 Å². The number of anilines is 1. The average Bonchev–Trinajstić information content (AvgIpc) is 2.91. The van der Waals surface area contributed by atoms with Crippen LogP contribution in [0.2, 0.25) is 5.02 Å². The molecule has 0 saturated carbocycles. The van der Waals surface area contributed by atoms with Gasteiger partial charge in [-0.15, -0.1) is 0 Å². The first-order valence-corrected chi connectivity index (χ1v) is 9.04. The van der Waals surface area contributed by atoms with Crippen LogP contribution in [0.1, 0.15) is 39.6 Å². The molecule has 0 fully saturated rings. The van der Waals surface area contributed by atoms with E-state index in [-0.39, 0.29) is 21.8 Å². The monoisotopic (exact) mass is 386 g/mol. The Morgan fingerprint density at radius 1 is 1.15 bits per heavy atom. The van der Waals surface area contributed by atoms with Gasteiger partial charge in [0.15, 0.2) is 0 Å². The van der Waals surface area contributed by atoms with Gasteiger partial charge in [0, 0.05) is 11.6 Å². The fourth-order valence-electron chi connectivity index (χ4n) is 3.77. The fraction of sp³-hybridized carbons (Fsp3) is 0.250. The Balaban J connectivity index is 1.68. The second-order valence-electron chi connectivity index (χ2n) is 6.69. The Labute approximate surface area is 160 Å². The van der Waals surface area contributed by atoms with Crippen LogP contribution >= 0.6 is 11.6 Å². The van der Waals surface area contributed by atoms with Gasteiger partial charge in [-0.3, -0.25) is 19.3 Å². The lowest BCUT2D eigenvalue weighted by Crippen LogP contribution is -2.51. The summed E-state index contributed by atoms with van der Waals surface area (Å²) in [6, 6.07) is 8.22. The molecule has 3 amide bonds. The molecule has 2 aliphatic rings. The number of rotatable bonds is 2. The fourth-order valence-corrected chi connectivity index (χ4v) is 4.00. The lowest BCUT2D eigenvalue weighted by atomic mass is 10.0. The summed E-state index contributed by atoms with van der Waals surface area (Å²) < 4.78 is 14.5. The Bertz CT molecular complexity index is 956. The SMILES string of the molecule is CC(C(=O)N1CCCc2cc(Cl)cc(F)c21)N1C(=O)c2ccccc2C1=O. The molecule has 2 aliphatic heterocycles. The maximum Gasteiger partial charge on any atom is 0.262 e. The Morgan fingerprint density at radius 2 is 1.78 bits per heavy atom. The number of hydrogen-bond acceptors (Lipinski definition) is 3. The zero-order chi connectivity index (χ0) is 19.3. The molecule has 5 nitrogen and oxygen atoms in total. The third kappa shape index (κ3) is 2.72. The molecule has 0 aromatic heterocycles. The van der Waals surface area contributed by atoms with Crippen LogP contribution in [-0.2, 0) is 11.2 Å². The van der Waals surface area contributed by atoms with E-state index in [2.05, 4.69) is 0 Å². The van der Waals surface area contributed by atoms with Crippen molar-refractivity contribution < 1.29 is 18.8 Å². The minimum Gasteiger partial charge on any atom is -0.308 e. The largest absolute Gasteiger partial charge is 0.308 e. The van der Waals surface area contributed by atoms with Crippen LogP contribution in [-0.4, -0.2) is 35.2 Å². The van der Waals surface area contributed by atoms with Crippen LogP contribution in [0.3, 0.4) is 0 Å². The number of hydrogen-bond donors (Lipinski definition) is 0. The van der Waals surface area contributed by atoms with Crippen LogP contribution in [0.25, 0.3) is 0 Å². The quantitative estimate of drug-likeness (QED) is 0.743. The first kappa shape index (κ1) is 17.7. The summed E-state index contributed by atoms with van der Waals surface area (Å²) in [6.45, 7) is 1.81. The van der Waals surface area contributed by atoms with Crippen LogP contribution in [0.5, 0.6) is 0 Å². The Kier molecular flexibility index (Phi) is 4.23. The highest BCUT2D eigenvalue weighted by molar-refractivity contribution is 6.30. The van der Waals surface area contributed by atoms with Crippen molar-refractivity contribution in [3.8, 4) is 0 Å². The van der Waals surface area contributed by atoms with Gasteiger partial charge in [0.1, 0.15) is 11.9 Å². The predicted molar refractivity (Wildman–Crippen MR) is 98.5 cm³/mol. The number of carbonyl (C=O) groups excluding carboxylic acids is 3. The van der Waals surface area contributed by atoms with Crippen LogP contribution in [0, 0.1) is 5.82 Å². The minimum absolute atomic E-state index is 0.180. The van der Waals surface area contributed by atoms with Gasteiger partial charge in [0.05, 0.1) is 16.8 Å². The number of benzene rings is 2. The van der Waals surface area contributed by atoms with Crippen molar-refractivity contribution in [3.05, 3.63) is 63.9 Å². The number of fused-ring (bicyclic) bond motifs is 2. The van der Waals surface area contributed by atoms with Crippen LogP contribution < -0.4 is 4.90 Å². The van der Waals surface area contributed by atoms with E-state index < -0.39 is 29.6 Å². The van der Waals surface area contributed by atoms with E-state index in [9.17, 15) is 18.8 Å². The highest BCUT2D eigenvalue weighted by Gasteiger charge is 2.42. The van der Waals surface area contributed by atoms with Crippen molar-refractivity contribution in [1.29, 1.82) is 0 Å². The molecule has 138 valence electrons. The molecule has 27 heavy (non-hydrogen) atoms. The number of halogens is 2. The van der Waals surface area contributed by atoms with E-state index >= 15 is 0 Å². The van der Waals surface area contributed by atoms with E-state index in [1.807, 2.05) is 0 Å². The molecule has 0 spiro atoms. The summed E-state index contributed by atoms with van der Waals surface area (Å²) in [5.74, 6) is -2.10. The van der Waals surface area contributed by atoms with E-state index in [1.54, 1.807) is 30.3 Å². The third-order valence-corrected chi connectivity index (χ3v) is 5.26. The summed E-state index contributed by atoms with van der Waals surface area (Å²) >= 11 is 5.92. The maximum atomic E-state index is 14.5. The van der Waals surface area contributed by atoms with Crippen molar-refractivity contribution in [2.45, 2.75) is 25.8 Å². The van der Waals surface area contributed by atoms with Crippen molar-refractivity contribution in [2.75, 3.05) is 11.4 Å². The molecule has 0 radical (unpaired) electrons. The number of imide groups is 1. The van der Waals surface area contributed by atoms with Crippen molar-refractivity contribution >= 4 is 35.0 Å². The smallest absolute Gasteiger partial charge is 0.262 e. The lowest BCUT2D eigenvalue weighted by Gasteiger charge is -2.33. The van der Waals surface area contributed by atoms with Gasteiger partial charge in [-0.05, 0) is 49.6 Å². The summed E-state index contributed by atoms with van der Waals surface area (Å²) in [5.41, 5.74) is 1.38. The molecule has 4 rings (SSSR count). The number of aryl methyl sites for hydroxylation is 1. The number of amides is 3. The molecular weight excluding hydrogens is 371 g/mol. The summed E-state index contributed by atoms with van der Waals surface area (Å²) in [6.07, 6.45) is 1.26. The maximum absolute atomic E-state index is 14.5. The summed E-state index contributed by atoms with van der Waals surface area (Å²) in [5, 5.41) is 0.272. The molecule has 1 unspecified atom stereocenters. The molecule has 2 aromatic carbocycles. The van der Waals surface area contributed by atoms with Gasteiger partial charge in [-0.2, -0.15) is 0 Å². The van der Waals surface area contributed by atoms with Gasteiger partial charge in [0.2, 0.25) is 5.91 Å². The first-order chi connectivity index (χ1) is 12.9. The third-order valence-electron chi connectivity index (χ3n) is 5.04. The standard InChI is InChI=1S/C20H16ClFN2O3/c1-11(24-19(26)14-6-2-3-7-15(14)20(24)27)18(25)23-8-4-5-12-9-13(21)10-16(22)17(12)23/h2-3,6-7,9-11H,4-5,8H2,1H3. The van der Waals surface area contributed by atoms with Gasteiger partial charge in [-0.1, -0.05) is 23.7 Å². The topological polar surface area (TPSA) is 57.7 Å². The van der Waals surface area contributed by atoms with Crippen LogP contribution in [0.15, 0.2) is 36.4 Å². The molecule has 0 bridgehead atoms. The molecule has 1 atom stereocenters. The minimum atomic E-state index is -1.04. The average molecular weight is 387 g/mol. The Morgan fingerprint density at radius 3 is 2.41 bits per heavy atom. The van der Waals surface area contributed by atoms with Gasteiger partial charge < -0.3 is 4.90 Å². The molecule has 7 heteroatoms. The highest BCUT2D eigenvalue weighted by atomic mass is 35.5. The molecule has 2 heterocycles. The summed E-state index contributed by atoms with van der Waals surface area (Å²) in [7, 11) is 0. The second-order valence-corrected chi connectivity index (χ2v) is 7.13. The first-order valence-electron chi connectivity index (χ1n) is 8.66. The van der Waals surface area contributed by atoms with Crippen LogP contribution in [0.4, 0.5) is 10.1 Å². The second kappa shape index (κ2) is 6.46. The molecule has 0 N–H and O–H groups in total. The van der Waals surface area contributed by atoms with Gasteiger partial charge >= 0.3 is 0 Å². The molecule has 0 aliphatic carbocycles. The van der Waals surface area contributed by atoms with Crippen molar-refractivity contribution in [2.24, 2.45) is 0 Å². The number of carbonyl (C=O) groups is 3. The van der Waals surface area contributed by atoms with E-state index in [0.717, 1.165) is 4.90 Å². The number of nitrogens with zero attached hydrogens (tertiary/aromatic N) is 2. The zero-order valence-corrected chi connectivity index (χ0v) is 15.3. The van der Waals surface area contributed by atoms with Gasteiger partial charge in [0.25, 0.3) is 11.8 Å². The molecule has 0 saturated heterocycles. The van der Waals surface area contributed by atoms with Gasteiger partial charge in [-0.25, -0.2) is 4.39 Å². The molecule has 2 aromatic rings. The van der Waals surface area contributed by atoms with E-state index in [4.69, 9.17) is 11.6 Å². The summed E-state index contributed by atoms with van der Waals surface area (Å²) in [4.78, 5) is 40.7.